The standard InChI is InChI=1S/C8H12FNO.C6H9NO2.C6H9N.C2H6/c1-3-7(4-5-10)8(9)6(2)11;1-3-5(4-7-2)6(8)9;1-3-4-6(2)5-7;1-2/h3-5,7-8,11H,1-2,10H2;3-4H,1-2H3,(H,8,9);4H,3H2,1-2H3;1-2H3/b5-4+;5-3+,7-4?;6-4+;. The fourth-order valence-electron chi connectivity index (χ4n) is 1.39. The van der Waals surface area contributed by atoms with E-state index in [1.807, 2.05) is 39.8 Å². The highest BCUT2D eigenvalue weighted by atomic mass is 19.1. The third-order valence-electron chi connectivity index (χ3n) is 2.77. The van der Waals surface area contributed by atoms with E-state index in [1.165, 1.54) is 37.7 Å². The molecule has 0 radical (unpaired) electrons. The zero-order chi connectivity index (χ0) is 23.8. The predicted molar refractivity (Wildman–Crippen MR) is 120 cm³/mol. The Labute approximate surface area is 175 Å². The largest absolute Gasteiger partial charge is 0.510 e. The number of carbonyl (C=O) groups is 1. The van der Waals surface area contributed by atoms with E-state index in [0.717, 1.165) is 12.0 Å². The van der Waals surface area contributed by atoms with Crippen LogP contribution in [-0.2, 0) is 4.79 Å². The van der Waals surface area contributed by atoms with E-state index < -0.39 is 23.8 Å². The molecule has 29 heavy (non-hydrogen) atoms. The van der Waals surface area contributed by atoms with Crippen molar-refractivity contribution in [2.24, 2.45) is 16.6 Å². The van der Waals surface area contributed by atoms with Gasteiger partial charge in [0.15, 0.2) is 6.17 Å². The number of nitrogens with zero attached hydrogens (tertiary/aromatic N) is 2. The maximum atomic E-state index is 12.8. The number of halogens is 1. The molecule has 0 aliphatic rings. The number of alkyl halides is 1. The van der Waals surface area contributed by atoms with Crippen LogP contribution in [-0.4, -0.2) is 35.6 Å². The van der Waals surface area contributed by atoms with Crippen molar-refractivity contribution in [2.75, 3.05) is 7.05 Å². The highest BCUT2D eigenvalue weighted by Crippen LogP contribution is 2.15. The van der Waals surface area contributed by atoms with Crippen molar-refractivity contribution in [3.8, 4) is 6.07 Å². The first kappa shape index (κ1) is 33.4. The molecule has 0 amide bonds. The number of hydrogen-bond donors (Lipinski definition) is 3. The first-order valence-corrected chi connectivity index (χ1v) is 9.07. The lowest BCUT2D eigenvalue weighted by atomic mass is 10.0. The van der Waals surface area contributed by atoms with Crippen LogP contribution in [0.2, 0.25) is 0 Å². The number of allylic oxidation sites excluding steroid dienone is 6. The molecule has 2 unspecified atom stereocenters. The fraction of sp³-hybridized carbons (Fsp3) is 0.409. The van der Waals surface area contributed by atoms with Crippen molar-refractivity contribution in [3.63, 3.8) is 0 Å². The average Bonchev–Trinajstić information content (AvgIpc) is 2.71. The van der Waals surface area contributed by atoms with Gasteiger partial charge in [-0.2, -0.15) is 5.26 Å². The average molecular weight is 410 g/mol. The molecule has 2 atom stereocenters. The van der Waals surface area contributed by atoms with E-state index in [4.69, 9.17) is 21.2 Å². The molecule has 0 fully saturated rings. The Morgan fingerprint density at radius 1 is 1.38 bits per heavy atom. The fourth-order valence-corrected chi connectivity index (χ4v) is 1.39. The summed E-state index contributed by atoms with van der Waals surface area (Å²) in [7, 11) is 1.53. The zero-order valence-electron chi connectivity index (χ0n) is 18.4. The Morgan fingerprint density at radius 3 is 2.07 bits per heavy atom. The van der Waals surface area contributed by atoms with Gasteiger partial charge in [0.1, 0.15) is 5.76 Å². The smallest absolute Gasteiger partial charge is 0.336 e. The quantitative estimate of drug-likeness (QED) is 0.174. The molecule has 0 aliphatic heterocycles. The molecule has 0 spiro atoms. The van der Waals surface area contributed by atoms with Gasteiger partial charge in [0, 0.05) is 24.8 Å². The molecule has 7 heteroatoms. The number of carboxylic acid groups (broad SMARTS) is 1. The van der Waals surface area contributed by atoms with Gasteiger partial charge in [-0.1, -0.05) is 51.7 Å². The lowest BCUT2D eigenvalue weighted by Gasteiger charge is -2.11. The summed E-state index contributed by atoms with van der Waals surface area (Å²) >= 11 is 0. The number of hydrogen-bond acceptors (Lipinski definition) is 5. The van der Waals surface area contributed by atoms with Gasteiger partial charge in [0.05, 0.1) is 11.6 Å². The van der Waals surface area contributed by atoms with Crippen molar-refractivity contribution < 1.29 is 19.4 Å². The second kappa shape index (κ2) is 24.9. The minimum Gasteiger partial charge on any atom is -0.510 e. The second-order valence-electron chi connectivity index (χ2n) is 4.93. The van der Waals surface area contributed by atoms with Crippen molar-refractivity contribution >= 4 is 12.2 Å². The molecule has 0 heterocycles. The Kier molecular flexibility index (Phi) is 28.7. The number of rotatable bonds is 7. The number of carboxylic acids is 1. The van der Waals surface area contributed by atoms with E-state index in [2.05, 4.69) is 18.2 Å². The molecule has 0 saturated carbocycles. The van der Waals surface area contributed by atoms with E-state index in [1.54, 1.807) is 6.92 Å². The van der Waals surface area contributed by atoms with Crippen LogP contribution in [0, 0.1) is 17.2 Å². The Bertz CT molecular complexity index is 615. The first-order valence-electron chi connectivity index (χ1n) is 9.07. The van der Waals surface area contributed by atoms with Crippen LogP contribution in [0.15, 0.2) is 65.6 Å². The number of aliphatic imine (C=N–C) groups is 1. The van der Waals surface area contributed by atoms with Gasteiger partial charge in [0.25, 0.3) is 0 Å². The van der Waals surface area contributed by atoms with Crippen molar-refractivity contribution in [1.29, 1.82) is 5.26 Å². The minimum absolute atomic E-state index is 0.220. The Balaban J connectivity index is -0.000000158. The van der Waals surface area contributed by atoms with Gasteiger partial charge >= 0.3 is 5.97 Å². The third kappa shape index (κ3) is 22.8. The van der Waals surface area contributed by atoms with Gasteiger partial charge in [-0.05, 0) is 26.5 Å². The van der Waals surface area contributed by atoms with Gasteiger partial charge in [-0.3, -0.25) is 4.99 Å². The number of aliphatic hydroxyl groups excluding tert-OH is 1. The Hall–Kier alpha value is -3.14. The third-order valence-corrected chi connectivity index (χ3v) is 2.77. The summed E-state index contributed by atoms with van der Waals surface area (Å²) in [6, 6.07) is 2.03. The van der Waals surface area contributed by atoms with Crippen LogP contribution < -0.4 is 5.73 Å². The minimum atomic E-state index is -1.52. The van der Waals surface area contributed by atoms with Crippen molar-refractivity contribution in [1.82, 2.24) is 0 Å². The van der Waals surface area contributed by atoms with E-state index in [0.29, 0.717) is 0 Å². The molecule has 0 aromatic heterocycles. The molecule has 0 aliphatic carbocycles. The molecular weight excluding hydrogens is 373 g/mol. The summed E-state index contributed by atoms with van der Waals surface area (Å²) in [6.45, 7) is 15.9. The van der Waals surface area contributed by atoms with E-state index in [-0.39, 0.29) is 5.57 Å². The van der Waals surface area contributed by atoms with Gasteiger partial charge in [-0.15, -0.1) is 6.58 Å². The first-order chi connectivity index (χ1) is 13.7. The topological polar surface area (TPSA) is 120 Å². The normalized spacial score (nSPS) is 12.8. The van der Waals surface area contributed by atoms with Crippen LogP contribution in [0.25, 0.3) is 0 Å². The second-order valence-corrected chi connectivity index (χ2v) is 4.93. The molecule has 0 bridgehead atoms. The van der Waals surface area contributed by atoms with E-state index in [9.17, 15) is 9.18 Å². The van der Waals surface area contributed by atoms with Gasteiger partial charge in [0.2, 0.25) is 0 Å². The lowest BCUT2D eigenvalue weighted by Crippen LogP contribution is -2.13. The highest BCUT2D eigenvalue weighted by Gasteiger charge is 2.17. The number of nitrogens with two attached hydrogens (primary N) is 1. The predicted octanol–water partition coefficient (Wildman–Crippen LogP) is 5.28. The lowest BCUT2D eigenvalue weighted by molar-refractivity contribution is -0.132. The molecular formula is C22H36FN3O3. The van der Waals surface area contributed by atoms with Crippen LogP contribution >= 0.6 is 0 Å². The zero-order valence-corrected chi connectivity index (χ0v) is 18.4. The van der Waals surface area contributed by atoms with Crippen LogP contribution in [0.4, 0.5) is 4.39 Å². The summed E-state index contributed by atoms with van der Waals surface area (Å²) < 4.78 is 12.8. The highest BCUT2D eigenvalue weighted by molar-refractivity contribution is 6.08. The molecule has 0 aromatic rings. The summed E-state index contributed by atoms with van der Waals surface area (Å²) in [4.78, 5) is 13.7. The van der Waals surface area contributed by atoms with Crippen LogP contribution in [0.1, 0.15) is 41.0 Å². The monoisotopic (exact) mass is 409 g/mol. The number of aliphatic hydroxyl groups is 1. The van der Waals surface area contributed by atoms with Crippen molar-refractivity contribution in [2.45, 2.75) is 47.2 Å². The van der Waals surface area contributed by atoms with E-state index >= 15 is 0 Å². The SMILES string of the molecule is C/C=C(\C=NC)C(=O)O.C=CC(/C=C/N)C(F)C(=C)O.CC.CC/C=C(\C)C#N. The molecule has 4 N–H and O–H groups in total. The summed E-state index contributed by atoms with van der Waals surface area (Å²) in [5, 5.41) is 25.1. The molecule has 0 saturated heterocycles. The molecule has 6 nitrogen and oxygen atoms in total. The van der Waals surface area contributed by atoms with Crippen molar-refractivity contribution in [3.05, 3.63) is 60.6 Å². The maximum Gasteiger partial charge on any atom is 0.336 e. The molecule has 0 rings (SSSR count). The van der Waals surface area contributed by atoms with Crippen LogP contribution in [0.5, 0.6) is 0 Å². The summed E-state index contributed by atoms with van der Waals surface area (Å²) in [5.74, 6) is -2.05. The van der Waals surface area contributed by atoms with Gasteiger partial charge < -0.3 is 15.9 Å². The summed E-state index contributed by atoms with van der Waals surface area (Å²) in [5.41, 5.74) is 6.06. The summed E-state index contributed by atoms with van der Waals surface area (Å²) in [6.07, 6.45) is 8.11. The van der Waals surface area contributed by atoms with Gasteiger partial charge in [-0.25, -0.2) is 9.18 Å². The molecule has 164 valence electrons. The Morgan fingerprint density at radius 2 is 1.90 bits per heavy atom. The maximum absolute atomic E-state index is 12.8. The molecule has 0 aromatic carbocycles. The van der Waals surface area contributed by atoms with Crippen LogP contribution in [0.3, 0.4) is 0 Å². The number of nitriles is 1. The number of aliphatic carboxylic acids is 1.